The van der Waals surface area contributed by atoms with Gasteiger partial charge in [-0.1, -0.05) is 13.2 Å². The Labute approximate surface area is 71.9 Å². The number of anilines is 1. The summed E-state index contributed by atoms with van der Waals surface area (Å²) >= 11 is 0. The molecule has 0 aromatic carbocycles. The molecule has 1 heterocycles. The second-order valence-electron chi connectivity index (χ2n) is 2.18. The van der Waals surface area contributed by atoms with Gasteiger partial charge in [0.2, 0.25) is 0 Å². The number of hydrogen-bond donors (Lipinski definition) is 1. The first-order valence-electron chi connectivity index (χ1n) is 3.61. The molecule has 0 atom stereocenters. The van der Waals surface area contributed by atoms with E-state index >= 15 is 0 Å². The van der Waals surface area contributed by atoms with Gasteiger partial charge in [0.25, 0.3) is 0 Å². The number of rotatable bonds is 3. The highest BCUT2D eigenvalue weighted by Gasteiger charge is 1.98. The topological polar surface area (TPSA) is 37.8 Å². The minimum atomic E-state index is 0.732. The van der Waals surface area contributed by atoms with Crippen molar-refractivity contribution in [1.29, 1.82) is 0 Å². The maximum absolute atomic E-state index is 4.22. The van der Waals surface area contributed by atoms with Crippen LogP contribution in [0, 0.1) is 0 Å². The highest BCUT2D eigenvalue weighted by Crippen LogP contribution is 2.09. The molecule has 0 saturated heterocycles. The fourth-order valence-corrected chi connectivity index (χ4v) is 0.841. The minimum Gasteiger partial charge on any atom is -0.372 e. The lowest BCUT2D eigenvalue weighted by Gasteiger charge is -2.02. The van der Waals surface area contributed by atoms with Crippen LogP contribution < -0.4 is 5.32 Å². The van der Waals surface area contributed by atoms with Crippen molar-refractivity contribution in [2.45, 2.75) is 0 Å². The summed E-state index contributed by atoms with van der Waals surface area (Å²) in [5.41, 5.74) is 1.50. The standard InChI is InChI=1S/C9H11N3/c1-4-7-8(5-2)12-9(10-3)6-11-7/h4-6H,1-2H2,3H3,(H,10,12). The SMILES string of the molecule is C=Cc1ncc(NC)nc1C=C. The second kappa shape index (κ2) is 3.67. The van der Waals surface area contributed by atoms with Crippen molar-refractivity contribution in [1.82, 2.24) is 9.97 Å². The zero-order chi connectivity index (χ0) is 8.97. The van der Waals surface area contributed by atoms with Crippen molar-refractivity contribution in [3.05, 3.63) is 30.7 Å². The van der Waals surface area contributed by atoms with Crippen LogP contribution in [-0.4, -0.2) is 17.0 Å². The molecule has 1 rings (SSSR count). The van der Waals surface area contributed by atoms with Crippen molar-refractivity contribution in [3.8, 4) is 0 Å². The van der Waals surface area contributed by atoms with E-state index in [9.17, 15) is 0 Å². The largest absolute Gasteiger partial charge is 0.372 e. The van der Waals surface area contributed by atoms with Crippen LogP contribution in [0.4, 0.5) is 5.82 Å². The second-order valence-corrected chi connectivity index (χ2v) is 2.18. The molecule has 0 bridgehead atoms. The van der Waals surface area contributed by atoms with Gasteiger partial charge in [0.15, 0.2) is 0 Å². The fraction of sp³-hybridized carbons (Fsp3) is 0.111. The van der Waals surface area contributed by atoms with Crippen LogP contribution >= 0.6 is 0 Å². The molecule has 1 aromatic heterocycles. The van der Waals surface area contributed by atoms with Crippen molar-refractivity contribution in [2.75, 3.05) is 12.4 Å². The minimum absolute atomic E-state index is 0.732. The number of nitrogens with one attached hydrogen (secondary N) is 1. The lowest BCUT2D eigenvalue weighted by atomic mass is 10.3. The quantitative estimate of drug-likeness (QED) is 0.734. The van der Waals surface area contributed by atoms with E-state index in [1.807, 2.05) is 0 Å². The number of hydrogen-bond acceptors (Lipinski definition) is 3. The van der Waals surface area contributed by atoms with Crippen molar-refractivity contribution in [2.24, 2.45) is 0 Å². The van der Waals surface area contributed by atoms with Gasteiger partial charge in [-0.3, -0.25) is 4.98 Å². The average Bonchev–Trinajstić information content (AvgIpc) is 2.16. The summed E-state index contributed by atoms with van der Waals surface area (Å²) in [6.45, 7) is 7.26. The van der Waals surface area contributed by atoms with Crippen LogP contribution in [0.5, 0.6) is 0 Å². The molecule has 0 aliphatic rings. The van der Waals surface area contributed by atoms with E-state index in [0.29, 0.717) is 0 Å². The Kier molecular flexibility index (Phi) is 2.58. The molecule has 1 N–H and O–H groups in total. The van der Waals surface area contributed by atoms with Gasteiger partial charge in [-0.2, -0.15) is 0 Å². The molecule has 0 unspecified atom stereocenters. The van der Waals surface area contributed by atoms with Crippen LogP contribution in [0.3, 0.4) is 0 Å². The van der Waals surface area contributed by atoms with Gasteiger partial charge < -0.3 is 5.32 Å². The van der Waals surface area contributed by atoms with Gasteiger partial charge in [0.1, 0.15) is 5.82 Å². The Morgan fingerprint density at radius 3 is 2.50 bits per heavy atom. The molecule has 3 heteroatoms. The summed E-state index contributed by atoms with van der Waals surface area (Å²) in [6, 6.07) is 0. The molecule has 0 aliphatic carbocycles. The first kappa shape index (κ1) is 8.46. The molecule has 0 radical (unpaired) electrons. The van der Waals surface area contributed by atoms with Crippen LogP contribution in [0.2, 0.25) is 0 Å². The summed E-state index contributed by atoms with van der Waals surface area (Å²) in [6.07, 6.45) is 4.97. The molecular weight excluding hydrogens is 150 g/mol. The maximum atomic E-state index is 4.22. The van der Waals surface area contributed by atoms with Crippen LogP contribution in [-0.2, 0) is 0 Å². The van der Waals surface area contributed by atoms with Crippen LogP contribution in [0.15, 0.2) is 19.4 Å². The Balaban J connectivity index is 3.18. The molecule has 0 saturated carbocycles. The lowest BCUT2D eigenvalue weighted by molar-refractivity contribution is 1.15. The predicted molar refractivity (Wildman–Crippen MR) is 51.8 cm³/mol. The van der Waals surface area contributed by atoms with Gasteiger partial charge in [0.05, 0.1) is 17.6 Å². The third kappa shape index (κ3) is 1.50. The van der Waals surface area contributed by atoms with Gasteiger partial charge in [-0.05, 0) is 12.2 Å². The maximum Gasteiger partial charge on any atom is 0.144 e. The summed E-state index contributed by atoms with van der Waals surface area (Å²) < 4.78 is 0. The van der Waals surface area contributed by atoms with Crippen LogP contribution in [0.25, 0.3) is 12.2 Å². The first-order chi connectivity index (χ1) is 5.81. The molecule has 1 aromatic rings. The van der Waals surface area contributed by atoms with E-state index < -0.39 is 0 Å². The zero-order valence-corrected chi connectivity index (χ0v) is 7.04. The smallest absolute Gasteiger partial charge is 0.144 e. The van der Waals surface area contributed by atoms with Crippen molar-refractivity contribution < 1.29 is 0 Å². The molecule has 3 nitrogen and oxygen atoms in total. The Hall–Kier alpha value is -1.64. The third-order valence-corrected chi connectivity index (χ3v) is 1.47. The van der Waals surface area contributed by atoms with Crippen molar-refractivity contribution >= 4 is 18.0 Å². The highest BCUT2D eigenvalue weighted by molar-refractivity contribution is 5.58. The monoisotopic (exact) mass is 161 g/mol. The van der Waals surface area contributed by atoms with E-state index in [-0.39, 0.29) is 0 Å². The van der Waals surface area contributed by atoms with Gasteiger partial charge in [-0.15, -0.1) is 0 Å². The molecule has 0 fully saturated rings. The summed E-state index contributed by atoms with van der Waals surface area (Å²) in [7, 11) is 1.80. The number of aromatic nitrogens is 2. The van der Waals surface area contributed by atoms with E-state index in [1.165, 1.54) is 0 Å². The highest BCUT2D eigenvalue weighted by atomic mass is 15.0. The Bertz CT molecular complexity index is 305. The summed E-state index contributed by atoms with van der Waals surface area (Å²) in [5, 5.41) is 2.90. The first-order valence-corrected chi connectivity index (χ1v) is 3.61. The van der Waals surface area contributed by atoms with Gasteiger partial charge >= 0.3 is 0 Å². The zero-order valence-electron chi connectivity index (χ0n) is 7.04. The molecule has 0 aliphatic heterocycles. The molecule has 62 valence electrons. The van der Waals surface area contributed by atoms with E-state index in [4.69, 9.17) is 0 Å². The fourth-order valence-electron chi connectivity index (χ4n) is 0.841. The van der Waals surface area contributed by atoms with E-state index in [0.717, 1.165) is 17.2 Å². The average molecular weight is 161 g/mol. The van der Waals surface area contributed by atoms with Crippen LogP contribution in [0.1, 0.15) is 11.4 Å². The number of nitrogens with zero attached hydrogens (tertiary/aromatic N) is 2. The lowest BCUT2D eigenvalue weighted by Crippen LogP contribution is -1.97. The Morgan fingerprint density at radius 1 is 1.33 bits per heavy atom. The molecular formula is C9H11N3. The molecule has 12 heavy (non-hydrogen) atoms. The van der Waals surface area contributed by atoms with E-state index in [1.54, 1.807) is 25.4 Å². The van der Waals surface area contributed by atoms with Crippen molar-refractivity contribution in [3.63, 3.8) is 0 Å². The van der Waals surface area contributed by atoms with E-state index in [2.05, 4.69) is 28.4 Å². The molecule has 0 amide bonds. The Morgan fingerprint density at radius 2 is 2.00 bits per heavy atom. The predicted octanol–water partition coefficient (Wildman–Crippen LogP) is 1.80. The third-order valence-electron chi connectivity index (χ3n) is 1.47. The molecule has 0 spiro atoms. The summed E-state index contributed by atoms with van der Waals surface area (Å²) in [5.74, 6) is 0.732. The normalized spacial score (nSPS) is 9.08. The van der Waals surface area contributed by atoms with Gasteiger partial charge in [-0.25, -0.2) is 4.98 Å². The summed E-state index contributed by atoms with van der Waals surface area (Å²) in [4.78, 5) is 8.34. The van der Waals surface area contributed by atoms with Gasteiger partial charge in [0, 0.05) is 7.05 Å².